The Kier molecular flexibility index (Phi) is 4.07. The summed E-state index contributed by atoms with van der Waals surface area (Å²) in [4.78, 5) is 6.51. The van der Waals surface area contributed by atoms with Crippen molar-refractivity contribution in [3.8, 4) is 0 Å². The highest BCUT2D eigenvalue weighted by atomic mass is 32.2. The summed E-state index contributed by atoms with van der Waals surface area (Å²) < 4.78 is 28.9. The van der Waals surface area contributed by atoms with Crippen LogP contribution in [0.3, 0.4) is 0 Å². The molecule has 3 fully saturated rings. The maximum atomic E-state index is 12.8. The molecule has 7 heteroatoms. The number of imidazole rings is 1. The van der Waals surface area contributed by atoms with Crippen LogP contribution in [0.2, 0.25) is 0 Å². The number of hydrogen-bond acceptors (Lipinski definition) is 4. The Morgan fingerprint density at radius 3 is 2.76 bits per heavy atom. The van der Waals surface area contributed by atoms with E-state index in [0.717, 1.165) is 32.4 Å². The average molecular weight is 312 g/mol. The van der Waals surface area contributed by atoms with Crippen LogP contribution >= 0.6 is 0 Å². The lowest BCUT2D eigenvalue weighted by molar-refractivity contribution is 0.133. The third-order valence-corrected chi connectivity index (χ3v) is 6.31. The van der Waals surface area contributed by atoms with Gasteiger partial charge in [0, 0.05) is 38.9 Å². The Morgan fingerprint density at radius 1 is 1.29 bits per heavy atom. The van der Waals surface area contributed by atoms with Crippen molar-refractivity contribution >= 4 is 10.0 Å². The molecule has 21 heavy (non-hydrogen) atoms. The molecule has 0 N–H and O–H groups in total. The molecule has 0 amide bonds. The molecule has 0 radical (unpaired) electrons. The van der Waals surface area contributed by atoms with Gasteiger partial charge in [0.25, 0.3) is 10.0 Å². The summed E-state index contributed by atoms with van der Waals surface area (Å²) in [5.41, 5.74) is 0. The van der Waals surface area contributed by atoms with E-state index in [2.05, 4.69) is 16.8 Å². The van der Waals surface area contributed by atoms with Gasteiger partial charge in [0.15, 0.2) is 5.03 Å². The van der Waals surface area contributed by atoms with E-state index in [1.807, 2.05) is 0 Å². The molecule has 3 saturated heterocycles. The third-order valence-electron chi connectivity index (χ3n) is 4.59. The van der Waals surface area contributed by atoms with Gasteiger partial charge in [-0.25, -0.2) is 13.4 Å². The topological polar surface area (TPSA) is 58.4 Å². The van der Waals surface area contributed by atoms with E-state index in [9.17, 15) is 8.42 Å². The highest BCUT2D eigenvalue weighted by Crippen LogP contribution is 2.30. The molecule has 0 unspecified atom stereocenters. The van der Waals surface area contributed by atoms with E-state index in [4.69, 9.17) is 0 Å². The Bertz CT molecular complexity index is 598. The number of aromatic nitrogens is 2. The first-order valence-corrected chi connectivity index (χ1v) is 9.17. The van der Waals surface area contributed by atoms with Crippen molar-refractivity contribution in [2.24, 2.45) is 13.0 Å². The quantitative estimate of drug-likeness (QED) is 0.829. The molecular formula is C14H24N4O2S. The van der Waals surface area contributed by atoms with Crippen molar-refractivity contribution in [3.05, 3.63) is 12.5 Å². The minimum Gasteiger partial charge on any atom is -0.339 e. The largest absolute Gasteiger partial charge is 0.339 e. The first-order valence-electron chi connectivity index (χ1n) is 7.73. The fraction of sp³-hybridized carbons (Fsp3) is 0.786. The van der Waals surface area contributed by atoms with Crippen molar-refractivity contribution in [2.45, 2.75) is 37.3 Å². The highest BCUT2D eigenvalue weighted by molar-refractivity contribution is 7.89. The number of nitrogens with zero attached hydrogens (tertiary/aromatic N) is 4. The molecule has 0 spiro atoms. The van der Waals surface area contributed by atoms with E-state index >= 15 is 0 Å². The van der Waals surface area contributed by atoms with Crippen LogP contribution in [-0.4, -0.2) is 59.4 Å². The number of aryl methyl sites for hydroxylation is 1. The van der Waals surface area contributed by atoms with Gasteiger partial charge in [0.2, 0.25) is 0 Å². The fourth-order valence-electron chi connectivity index (χ4n) is 3.55. The van der Waals surface area contributed by atoms with Crippen molar-refractivity contribution in [1.82, 2.24) is 18.8 Å². The molecule has 0 aromatic carbocycles. The molecule has 1 aromatic heterocycles. The predicted molar refractivity (Wildman–Crippen MR) is 80.3 cm³/mol. The first-order chi connectivity index (χ1) is 10.0. The molecule has 0 aliphatic carbocycles. The average Bonchev–Trinajstić information content (AvgIpc) is 2.69. The normalized spacial score (nSPS) is 27.9. The maximum Gasteiger partial charge on any atom is 0.262 e. The van der Waals surface area contributed by atoms with Gasteiger partial charge in [0.05, 0.1) is 6.33 Å². The summed E-state index contributed by atoms with van der Waals surface area (Å²) in [6.07, 6.45) is 6.50. The minimum absolute atomic E-state index is 0.174. The number of rotatable bonds is 4. The van der Waals surface area contributed by atoms with Crippen LogP contribution in [0.1, 0.15) is 26.2 Å². The minimum atomic E-state index is -3.45. The highest BCUT2D eigenvalue weighted by Gasteiger charge is 2.39. The van der Waals surface area contributed by atoms with Crippen molar-refractivity contribution in [1.29, 1.82) is 0 Å². The van der Waals surface area contributed by atoms with Gasteiger partial charge in [-0.3, -0.25) is 4.90 Å². The van der Waals surface area contributed by atoms with Crippen LogP contribution in [0.4, 0.5) is 0 Å². The van der Waals surface area contributed by atoms with E-state index in [0.29, 0.717) is 25.0 Å². The number of fused-ring (bicyclic) bond motifs is 4. The van der Waals surface area contributed by atoms with Crippen molar-refractivity contribution in [3.63, 3.8) is 0 Å². The Morgan fingerprint density at radius 2 is 2.10 bits per heavy atom. The van der Waals surface area contributed by atoms with Gasteiger partial charge in [0.1, 0.15) is 0 Å². The molecule has 2 bridgehead atoms. The monoisotopic (exact) mass is 312 g/mol. The molecule has 6 nitrogen and oxygen atoms in total. The fourth-order valence-corrected chi connectivity index (χ4v) is 5.07. The maximum absolute atomic E-state index is 12.8. The van der Waals surface area contributed by atoms with E-state index in [1.54, 1.807) is 28.4 Å². The van der Waals surface area contributed by atoms with Gasteiger partial charge < -0.3 is 4.57 Å². The summed E-state index contributed by atoms with van der Waals surface area (Å²) in [5, 5.41) is 0.174. The first kappa shape index (κ1) is 15.0. The Labute approximate surface area is 126 Å². The Balaban J connectivity index is 1.84. The van der Waals surface area contributed by atoms with Crippen LogP contribution in [0.25, 0.3) is 0 Å². The lowest BCUT2D eigenvalue weighted by Crippen LogP contribution is -2.44. The second-order valence-electron chi connectivity index (χ2n) is 6.29. The molecule has 2 atom stereocenters. The molecule has 3 aliphatic rings. The summed E-state index contributed by atoms with van der Waals surface area (Å²) >= 11 is 0. The zero-order valence-electron chi connectivity index (χ0n) is 12.8. The van der Waals surface area contributed by atoms with Crippen LogP contribution in [-0.2, 0) is 17.1 Å². The summed E-state index contributed by atoms with van der Waals surface area (Å²) in [7, 11) is -1.66. The molecule has 4 heterocycles. The summed E-state index contributed by atoms with van der Waals surface area (Å²) in [5.74, 6) is 0.453. The second kappa shape index (κ2) is 5.70. The van der Waals surface area contributed by atoms with Crippen molar-refractivity contribution < 1.29 is 8.42 Å². The standard InChI is InChI=1S/C14H24N4O2S/c1-3-6-17-7-12-4-5-13(17)9-18(8-12)21(19,20)14-10-16(2)11-15-14/h10-13H,3-9H2,1-2H3/t12-,13-/m1/s1. The SMILES string of the molecule is CCCN1C[C@H]2CC[C@@H]1CN(S(=O)(=O)c1cn(C)cn1)C2. The van der Waals surface area contributed by atoms with E-state index < -0.39 is 10.0 Å². The lowest BCUT2D eigenvalue weighted by atomic mass is 9.95. The zero-order valence-corrected chi connectivity index (χ0v) is 13.6. The van der Waals surface area contributed by atoms with Crippen LogP contribution in [0.15, 0.2) is 17.6 Å². The number of piperidine rings is 1. The van der Waals surface area contributed by atoms with E-state index in [-0.39, 0.29) is 5.03 Å². The number of sulfonamides is 1. The van der Waals surface area contributed by atoms with Crippen LogP contribution in [0, 0.1) is 5.92 Å². The predicted octanol–water partition coefficient (Wildman–Crippen LogP) is 0.915. The zero-order chi connectivity index (χ0) is 15.0. The van der Waals surface area contributed by atoms with Gasteiger partial charge in [-0.1, -0.05) is 6.92 Å². The lowest BCUT2D eigenvalue weighted by Gasteiger charge is -2.35. The van der Waals surface area contributed by atoms with E-state index in [1.165, 1.54) is 0 Å². The van der Waals surface area contributed by atoms with Gasteiger partial charge in [-0.05, 0) is 31.7 Å². The molecular weight excluding hydrogens is 288 g/mol. The summed E-state index contributed by atoms with van der Waals surface area (Å²) in [6, 6.07) is 0.363. The second-order valence-corrected chi connectivity index (χ2v) is 8.18. The van der Waals surface area contributed by atoms with Crippen molar-refractivity contribution in [2.75, 3.05) is 26.2 Å². The Hall–Kier alpha value is -0.920. The summed E-state index contributed by atoms with van der Waals surface area (Å²) in [6.45, 7) is 5.53. The molecule has 4 rings (SSSR count). The molecule has 1 aromatic rings. The van der Waals surface area contributed by atoms with Gasteiger partial charge in [-0.2, -0.15) is 4.31 Å². The number of hydrogen-bond donors (Lipinski definition) is 0. The van der Waals surface area contributed by atoms with Gasteiger partial charge in [-0.15, -0.1) is 0 Å². The smallest absolute Gasteiger partial charge is 0.262 e. The van der Waals surface area contributed by atoms with Crippen LogP contribution in [0.5, 0.6) is 0 Å². The van der Waals surface area contributed by atoms with Crippen LogP contribution < -0.4 is 0 Å². The molecule has 0 saturated carbocycles. The third kappa shape index (κ3) is 2.86. The molecule has 3 aliphatic heterocycles. The van der Waals surface area contributed by atoms with Gasteiger partial charge >= 0.3 is 0 Å². The molecule has 118 valence electrons.